The zero-order valence-corrected chi connectivity index (χ0v) is 15.7. The Morgan fingerprint density at radius 1 is 1.17 bits per heavy atom. The Labute approximate surface area is 168 Å². The van der Waals surface area contributed by atoms with Crippen molar-refractivity contribution < 1.29 is 30.7 Å². The van der Waals surface area contributed by atoms with E-state index in [0.29, 0.717) is 6.07 Å². The third-order valence-electron chi connectivity index (χ3n) is 3.82. The van der Waals surface area contributed by atoms with Crippen molar-refractivity contribution in [3.63, 3.8) is 0 Å². The van der Waals surface area contributed by atoms with Crippen molar-refractivity contribution in [2.24, 2.45) is 0 Å². The molecule has 12 heteroatoms. The number of halogens is 4. The van der Waals surface area contributed by atoms with Gasteiger partial charge in [-0.2, -0.15) is 14.6 Å². The minimum atomic E-state index is -4.44. The van der Waals surface area contributed by atoms with Crippen LogP contribution in [0.4, 0.5) is 23.4 Å². The highest BCUT2D eigenvalue weighted by molar-refractivity contribution is 7.92. The van der Waals surface area contributed by atoms with Crippen molar-refractivity contribution >= 4 is 15.8 Å². The van der Waals surface area contributed by atoms with Gasteiger partial charge >= 0.3 is 0 Å². The number of rotatable bonds is 7. The second-order valence-corrected chi connectivity index (χ2v) is 7.49. The molecule has 0 saturated heterocycles. The van der Waals surface area contributed by atoms with Gasteiger partial charge in [-0.15, -0.1) is 0 Å². The van der Waals surface area contributed by atoms with E-state index in [4.69, 9.17) is 5.26 Å². The Morgan fingerprint density at radius 3 is 2.63 bits per heavy atom. The first-order chi connectivity index (χ1) is 14.2. The van der Waals surface area contributed by atoms with Gasteiger partial charge in [-0.3, -0.25) is 4.72 Å². The molecule has 2 N–H and O–H groups in total. The molecule has 1 aromatic carbocycles. The van der Waals surface area contributed by atoms with Crippen LogP contribution in [0.5, 0.6) is 5.75 Å². The number of nitriles is 1. The maximum absolute atomic E-state index is 14.1. The minimum Gasteiger partial charge on any atom is -0.486 e. The Balaban J connectivity index is 1.89. The lowest BCUT2D eigenvalue weighted by Gasteiger charge is -2.09. The number of sulfonamides is 1. The molecule has 156 valence electrons. The highest BCUT2D eigenvalue weighted by Gasteiger charge is 2.22. The predicted octanol–water partition coefficient (Wildman–Crippen LogP) is 3.51. The molecule has 0 radical (unpaired) electrons. The molecule has 0 fully saturated rings. The molecule has 2 aromatic heterocycles. The molecule has 7 nitrogen and oxygen atoms in total. The van der Waals surface area contributed by atoms with Crippen molar-refractivity contribution in [2.45, 2.75) is 4.90 Å². The van der Waals surface area contributed by atoms with Gasteiger partial charge in [0.2, 0.25) is 0 Å². The molecule has 3 rings (SSSR count). The lowest BCUT2D eigenvalue weighted by atomic mass is 10.1. The molecular formula is C18H12F4N4O3S. The number of nitrogens with one attached hydrogen (secondary N) is 2. The van der Waals surface area contributed by atoms with Crippen LogP contribution >= 0.6 is 0 Å². The summed E-state index contributed by atoms with van der Waals surface area (Å²) in [7, 11) is -4.44. The van der Waals surface area contributed by atoms with Crippen molar-refractivity contribution in [2.75, 3.05) is 18.0 Å². The third-order valence-corrected chi connectivity index (χ3v) is 5.13. The number of nitrogens with zero attached hydrogens (tertiary/aromatic N) is 2. The predicted molar refractivity (Wildman–Crippen MR) is 97.3 cm³/mol. The molecule has 0 unspecified atom stereocenters. The Kier molecular flexibility index (Phi) is 5.93. The number of ether oxygens (including phenoxy) is 1. The van der Waals surface area contributed by atoms with Gasteiger partial charge in [0.1, 0.15) is 24.0 Å². The van der Waals surface area contributed by atoms with E-state index >= 15 is 0 Å². The van der Waals surface area contributed by atoms with E-state index in [2.05, 4.69) is 14.7 Å². The average molecular weight is 440 g/mol. The normalized spacial score (nSPS) is 11.2. The second kappa shape index (κ2) is 8.42. The van der Waals surface area contributed by atoms with Crippen molar-refractivity contribution in [1.82, 2.24) is 9.97 Å². The van der Waals surface area contributed by atoms with Gasteiger partial charge in [0.05, 0.1) is 11.6 Å². The number of H-pyrrole nitrogens is 1. The summed E-state index contributed by atoms with van der Waals surface area (Å²) < 4.78 is 85.4. The second-order valence-electron chi connectivity index (χ2n) is 5.81. The summed E-state index contributed by atoms with van der Waals surface area (Å²) in [6.45, 7) is -1.47. The quantitative estimate of drug-likeness (QED) is 0.432. The fourth-order valence-corrected chi connectivity index (χ4v) is 3.45. The number of pyridine rings is 1. The molecule has 0 amide bonds. The highest BCUT2D eigenvalue weighted by atomic mass is 32.2. The topological polar surface area (TPSA) is 108 Å². The summed E-state index contributed by atoms with van der Waals surface area (Å²) in [5.74, 6) is -4.91. The lowest BCUT2D eigenvalue weighted by Crippen LogP contribution is -2.15. The van der Waals surface area contributed by atoms with Crippen LogP contribution in [0.2, 0.25) is 0 Å². The van der Waals surface area contributed by atoms with Crippen LogP contribution in [-0.2, 0) is 10.0 Å². The van der Waals surface area contributed by atoms with Crippen LogP contribution in [0.1, 0.15) is 5.56 Å². The first-order valence-electron chi connectivity index (χ1n) is 8.21. The van der Waals surface area contributed by atoms with E-state index in [1.165, 1.54) is 12.1 Å². The summed E-state index contributed by atoms with van der Waals surface area (Å²) in [5.41, 5.74) is 0.139. The van der Waals surface area contributed by atoms with Crippen LogP contribution < -0.4 is 9.46 Å². The molecular weight excluding hydrogens is 428 g/mol. The Bertz CT molecular complexity index is 1240. The fraction of sp³-hybridized carbons (Fsp3) is 0.111. The number of aromatic nitrogens is 2. The van der Waals surface area contributed by atoms with Gasteiger partial charge in [-0.1, -0.05) is 0 Å². The zero-order chi connectivity index (χ0) is 21.9. The summed E-state index contributed by atoms with van der Waals surface area (Å²) in [6.07, 6.45) is 1.00. The smallest absolute Gasteiger partial charge is 0.264 e. The average Bonchev–Trinajstić information content (AvgIpc) is 3.21. The molecule has 30 heavy (non-hydrogen) atoms. The number of benzene rings is 1. The molecule has 3 aromatic rings. The van der Waals surface area contributed by atoms with E-state index in [0.717, 1.165) is 18.3 Å². The lowest BCUT2D eigenvalue weighted by molar-refractivity contribution is 0.258. The van der Waals surface area contributed by atoms with Crippen molar-refractivity contribution in [1.29, 1.82) is 5.26 Å². The summed E-state index contributed by atoms with van der Waals surface area (Å²) in [4.78, 5) is 5.29. The largest absolute Gasteiger partial charge is 0.486 e. The number of hydrogen-bond donors (Lipinski definition) is 2. The summed E-state index contributed by atoms with van der Waals surface area (Å²) in [5, 5.41) is 8.92. The molecule has 0 bridgehead atoms. The maximum Gasteiger partial charge on any atom is 0.264 e. The van der Waals surface area contributed by atoms with E-state index in [1.807, 2.05) is 6.07 Å². The van der Waals surface area contributed by atoms with Crippen LogP contribution in [0.15, 0.2) is 41.4 Å². The maximum atomic E-state index is 14.1. The minimum absolute atomic E-state index is 0.0413. The number of aromatic amines is 1. The first-order valence-corrected chi connectivity index (χ1v) is 9.69. The molecule has 0 aliphatic carbocycles. The van der Waals surface area contributed by atoms with Crippen LogP contribution in [-0.4, -0.2) is 31.7 Å². The molecule has 0 saturated carbocycles. The number of alkyl halides is 1. The van der Waals surface area contributed by atoms with Gasteiger partial charge < -0.3 is 9.72 Å². The third kappa shape index (κ3) is 4.36. The standard InChI is InChI=1S/C18H12F4N4O3S/c19-3-4-29-16-7-14(21)18(25-17(16)22)26-30(27,28)11-6-15(24-9-11)12-5-10(8-23)1-2-13(12)20/h1-2,5-7,9,24H,3-4H2,(H,25,26). The summed E-state index contributed by atoms with van der Waals surface area (Å²) in [6, 6.07) is 6.94. The van der Waals surface area contributed by atoms with Gasteiger partial charge in [-0.25, -0.2) is 21.6 Å². The van der Waals surface area contributed by atoms with E-state index < -0.39 is 57.3 Å². The van der Waals surface area contributed by atoms with Crippen molar-refractivity contribution in [3.8, 4) is 23.1 Å². The van der Waals surface area contributed by atoms with Crippen LogP contribution in [0.3, 0.4) is 0 Å². The van der Waals surface area contributed by atoms with E-state index in [-0.39, 0.29) is 16.8 Å². The van der Waals surface area contributed by atoms with Gasteiger partial charge in [-0.05, 0) is 24.3 Å². The Hall–Kier alpha value is -3.59. The van der Waals surface area contributed by atoms with Crippen LogP contribution in [0, 0.1) is 28.9 Å². The molecule has 2 heterocycles. The van der Waals surface area contributed by atoms with E-state index in [9.17, 15) is 26.0 Å². The summed E-state index contributed by atoms with van der Waals surface area (Å²) >= 11 is 0. The van der Waals surface area contributed by atoms with Gasteiger partial charge in [0.15, 0.2) is 17.4 Å². The van der Waals surface area contributed by atoms with Gasteiger partial charge in [0, 0.05) is 23.5 Å². The van der Waals surface area contributed by atoms with Crippen LogP contribution in [0.25, 0.3) is 11.3 Å². The SMILES string of the molecule is N#Cc1ccc(F)c(-c2cc(S(=O)(=O)Nc3nc(F)c(OCCF)cc3F)c[nH]2)c1. The van der Waals surface area contributed by atoms with Crippen molar-refractivity contribution in [3.05, 3.63) is 59.7 Å². The fourth-order valence-electron chi connectivity index (χ4n) is 2.44. The molecule has 0 spiro atoms. The molecule has 0 aliphatic heterocycles. The highest BCUT2D eigenvalue weighted by Crippen LogP contribution is 2.27. The van der Waals surface area contributed by atoms with E-state index in [1.54, 1.807) is 4.72 Å². The first kappa shape index (κ1) is 21.1. The zero-order valence-electron chi connectivity index (χ0n) is 14.9. The number of hydrogen-bond acceptors (Lipinski definition) is 5. The van der Waals surface area contributed by atoms with Gasteiger partial charge in [0.25, 0.3) is 16.0 Å². The Morgan fingerprint density at radius 2 is 1.93 bits per heavy atom. The monoisotopic (exact) mass is 440 g/mol. The molecule has 0 aliphatic rings. The number of anilines is 1. The molecule has 0 atom stereocenters.